The molecule has 0 aliphatic heterocycles. The topological polar surface area (TPSA) is 46.6 Å². The molecule has 5 heteroatoms. The third-order valence-electron chi connectivity index (χ3n) is 3.67. The molecule has 2 aromatic rings. The molecule has 1 amide bonds. The number of benzene rings is 2. The van der Waals surface area contributed by atoms with Crippen molar-refractivity contribution in [2.45, 2.75) is 13.8 Å². The molecule has 25 heavy (non-hydrogen) atoms. The molecule has 0 N–H and O–H groups in total. The lowest BCUT2D eigenvalue weighted by molar-refractivity contribution is 0.104. The summed E-state index contributed by atoms with van der Waals surface area (Å²) in [6, 6.07) is 12.4. The average molecular weight is 341 g/mol. The Morgan fingerprint density at radius 1 is 1.04 bits per heavy atom. The minimum absolute atomic E-state index is 0.216. The van der Waals surface area contributed by atoms with Gasteiger partial charge in [0.15, 0.2) is 5.78 Å². The van der Waals surface area contributed by atoms with Crippen LogP contribution in [0.4, 0.5) is 9.18 Å². The molecular formula is C20H20FNO3. The van der Waals surface area contributed by atoms with E-state index in [0.717, 1.165) is 0 Å². The maximum Gasteiger partial charge on any atom is 0.415 e. The van der Waals surface area contributed by atoms with Gasteiger partial charge in [-0.2, -0.15) is 0 Å². The van der Waals surface area contributed by atoms with E-state index >= 15 is 0 Å². The van der Waals surface area contributed by atoms with E-state index in [1.54, 1.807) is 42.5 Å². The number of ketones is 1. The fourth-order valence-corrected chi connectivity index (χ4v) is 2.24. The van der Waals surface area contributed by atoms with Gasteiger partial charge in [0.25, 0.3) is 0 Å². The normalized spacial score (nSPS) is 10.7. The van der Waals surface area contributed by atoms with Gasteiger partial charge in [-0.05, 0) is 49.8 Å². The van der Waals surface area contributed by atoms with Gasteiger partial charge >= 0.3 is 6.09 Å². The molecule has 0 atom stereocenters. The quantitative estimate of drug-likeness (QED) is 0.571. The molecule has 0 saturated carbocycles. The van der Waals surface area contributed by atoms with E-state index in [4.69, 9.17) is 4.74 Å². The third kappa shape index (κ3) is 5.01. The van der Waals surface area contributed by atoms with Crippen molar-refractivity contribution in [2.75, 3.05) is 13.1 Å². The van der Waals surface area contributed by atoms with Gasteiger partial charge < -0.3 is 9.64 Å². The van der Waals surface area contributed by atoms with Crippen LogP contribution in [0.1, 0.15) is 29.8 Å². The van der Waals surface area contributed by atoms with Crippen molar-refractivity contribution in [2.24, 2.45) is 0 Å². The summed E-state index contributed by atoms with van der Waals surface area (Å²) < 4.78 is 18.3. The van der Waals surface area contributed by atoms with E-state index in [2.05, 4.69) is 0 Å². The van der Waals surface area contributed by atoms with E-state index in [1.807, 2.05) is 13.8 Å². The first-order chi connectivity index (χ1) is 12.0. The molecule has 0 fully saturated rings. The number of carbonyl (C=O) groups is 2. The zero-order chi connectivity index (χ0) is 18.2. The summed E-state index contributed by atoms with van der Waals surface area (Å²) in [4.78, 5) is 26.1. The highest BCUT2D eigenvalue weighted by Crippen LogP contribution is 2.20. The fourth-order valence-electron chi connectivity index (χ4n) is 2.24. The van der Waals surface area contributed by atoms with Crippen LogP contribution in [-0.4, -0.2) is 29.9 Å². The first kappa shape index (κ1) is 18.4. The number of amides is 1. The SMILES string of the molecule is CCN(CC)C(=O)Oc1ccccc1C(=O)/C=C/c1ccc(F)cc1. The van der Waals surface area contributed by atoms with Crippen molar-refractivity contribution in [1.29, 1.82) is 0 Å². The average Bonchev–Trinajstić information content (AvgIpc) is 2.62. The second kappa shape index (κ2) is 8.78. The van der Waals surface area contributed by atoms with Crippen LogP contribution in [0.25, 0.3) is 6.08 Å². The highest BCUT2D eigenvalue weighted by molar-refractivity contribution is 6.08. The molecule has 4 nitrogen and oxygen atoms in total. The van der Waals surface area contributed by atoms with E-state index in [0.29, 0.717) is 24.2 Å². The van der Waals surface area contributed by atoms with Crippen molar-refractivity contribution in [3.63, 3.8) is 0 Å². The van der Waals surface area contributed by atoms with E-state index in [1.165, 1.54) is 23.1 Å². The fraction of sp³-hybridized carbons (Fsp3) is 0.200. The van der Waals surface area contributed by atoms with Crippen molar-refractivity contribution >= 4 is 18.0 Å². The first-order valence-corrected chi connectivity index (χ1v) is 8.09. The Labute approximate surface area is 146 Å². The summed E-state index contributed by atoms with van der Waals surface area (Å²) in [5, 5.41) is 0. The van der Waals surface area contributed by atoms with Crippen LogP contribution in [0.2, 0.25) is 0 Å². The molecule has 2 rings (SSSR count). The number of rotatable bonds is 6. The second-order valence-electron chi connectivity index (χ2n) is 5.29. The number of para-hydroxylation sites is 1. The van der Waals surface area contributed by atoms with Crippen LogP contribution >= 0.6 is 0 Å². The molecule has 0 aliphatic carbocycles. The zero-order valence-corrected chi connectivity index (χ0v) is 14.2. The number of nitrogens with zero attached hydrogens (tertiary/aromatic N) is 1. The number of carbonyl (C=O) groups excluding carboxylic acids is 2. The van der Waals surface area contributed by atoms with Gasteiger partial charge in [0.2, 0.25) is 0 Å². The van der Waals surface area contributed by atoms with Crippen molar-refractivity contribution in [3.05, 3.63) is 71.6 Å². The molecule has 0 radical (unpaired) electrons. The maximum atomic E-state index is 12.9. The Bertz CT molecular complexity index is 765. The Morgan fingerprint density at radius 3 is 2.32 bits per heavy atom. The number of hydrogen-bond acceptors (Lipinski definition) is 3. The van der Waals surface area contributed by atoms with Gasteiger partial charge in [-0.1, -0.05) is 30.3 Å². The molecule has 2 aromatic carbocycles. The standard InChI is InChI=1S/C20H20FNO3/c1-3-22(4-2)20(24)25-19-8-6-5-7-17(19)18(23)14-11-15-9-12-16(21)13-10-15/h5-14H,3-4H2,1-2H3/b14-11+. The molecule has 0 aromatic heterocycles. The van der Waals surface area contributed by atoms with Gasteiger partial charge in [-0.3, -0.25) is 4.79 Å². The summed E-state index contributed by atoms with van der Waals surface area (Å²) in [7, 11) is 0. The summed E-state index contributed by atoms with van der Waals surface area (Å²) in [5.41, 5.74) is 0.994. The van der Waals surface area contributed by atoms with Crippen LogP contribution in [0.3, 0.4) is 0 Å². The molecule has 0 aliphatic rings. The largest absolute Gasteiger partial charge is 0.415 e. The lowest BCUT2D eigenvalue weighted by Crippen LogP contribution is -2.33. The van der Waals surface area contributed by atoms with E-state index in [-0.39, 0.29) is 17.3 Å². The number of ether oxygens (including phenoxy) is 1. The molecule has 0 unspecified atom stereocenters. The molecular weight excluding hydrogens is 321 g/mol. The van der Waals surface area contributed by atoms with E-state index < -0.39 is 6.09 Å². The highest BCUT2D eigenvalue weighted by Gasteiger charge is 2.16. The summed E-state index contributed by atoms with van der Waals surface area (Å²) in [6.07, 6.45) is 2.47. The van der Waals surface area contributed by atoms with Crippen LogP contribution in [0, 0.1) is 5.82 Å². The first-order valence-electron chi connectivity index (χ1n) is 8.09. The molecule has 0 heterocycles. The lowest BCUT2D eigenvalue weighted by atomic mass is 10.1. The summed E-state index contributed by atoms with van der Waals surface area (Å²) >= 11 is 0. The highest BCUT2D eigenvalue weighted by atomic mass is 19.1. The van der Waals surface area contributed by atoms with Gasteiger partial charge in [-0.15, -0.1) is 0 Å². The summed E-state index contributed by atoms with van der Waals surface area (Å²) in [6.45, 7) is 4.76. The molecule has 0 bridgehead atoms. The van der Waals surface area contributed by atoms with Gasteiger partial charge in [0, 0.05) is 13.1 Å². The predicted molar refractivity (Wildman–Crippen MR) is 95.2 cm³/mol. The Hall–Kier alpha value is -2.95. The Morgan fingerprint density at radius 2 is 1.68 bits per heavy atom. The minimum atomic E-state index is -0.493. The monoisotopic (exact) mass is 341 g/mol. The molecule has 0 spiro atoms. The van der Waals surface area contributed by atoms with Crippen LogP contribution in [0.5, 0.6) is 5.75 Å². The molecule has 130 valence electrons. The van der Waals surface area contributed by atoms with Crippen LogP contribution in [-0.2, 0) is 0 Å². The minimum Gasteiger partial charge on any atom is -0.409 e. The van der Waals surface area contributed by atoms with E-state index in [9.17, 15) is 14.0 Å². The van der Waals surface area contributed by atoms with Crippen molar-refractivity contribution in [3.8, 4) is 5.75 Å². The lowest BCUT2D eigenvalue weighted by Gasteiger charge is -2.18. The maximum absolute atomic E-state index is 12.9. The third-order valence-corrected chi connectivity index (χ3v) is 3.67. The van der Waals surface area contributed by atoms with Gasteiger partial charge in [0.1, 0.15) is 11.6 Å². The van der Waals surface area contributed by atoms with Crippen molar-refractivity contribution < 1.29 is 18.7 Å². The summed E-state index contributed by atoms with van der Waals surface area (Å²) in [5.74, 6) is -0.419. The Kier molecular flexibility index (Phi) is 6.46. The number of halogens is 1. The van der Waals surface area contributed by atoms with Crippen LogP contribution in [0.15, 0.2) is 54.6 Å². The number of hydrogen-bond donors (Lipinski definition) is 0. The van der Waals surface area contributed by atoms with Crippen molar-refractivity contribution in [1.82, 2.24) is 4.90 Å². The predicted octanol–water partition coefficient (Wildman–Crippen LogP) is 4.56. The van der Waals surface area contributed by atoms with Gasteiger partial charge in [-0.25, -0.2) is 9.18 Å². The molecule has 0 saturated heterocycles. The zero-order valence-electron chi connectivity index (χ0n) is 14.2. The van der Waals surface area contributed by atoms with Gasteiger partial charge in [0.05, 0.1) is 5.56 Å². The van der Waals surface area contributed by atoms with Crippen LogP contribution < -0.4 is 4.74 Å². The number of allylic oxidation sites excluding steroid dienone is 1. The smallest absolute Gasteiger partial charge is 0.409 e. The Balaban J connectivity index is 2.17. The second-order valence-corrected chi connectivity index (χ2v) is 5.29.